The Bertz CT molecular complexity index is 815. The van der Waals surface area contributed by atoms with Crippen LogP contribution in [0.25, 0.3) is 0 Å². The number of aromatic nitrogens is 1. The van der Waals surface area contributed by atoms with Crippen LogP contribution in [0.15, 0.2) is 17.2 Å². The molecule has 1 aromatic rings. The summed E-state index contributed by atoms with van der Waals surface area (Å²) in [5.41, 5.74) is -0.834. The minimum atomic E-state index is -3.86. The Morgan fingerprint density at radius 2 is 2.16 bits per heavy atom. The SMILES string of the molecule is CCOC(=O)c1cc(S(=O)(=O)N2C[C@@H]3CCC[C@@]3(C(=O)O)C2)cn1C. The molecule has 0 spiro atoms. The number of aryl methyl sites for hydroxylation is 1. The molecule has 2 heterocycles. The molecule has 0 unspecified atom stereocenters. The smallest absolute Gasteiger partial charge is 0.354 e. The van der Waals surface area contributed by atoms with Crippen LogP contribution in [0.1, 0.15) is 36.7 Å². The number of sulfonamides is 1. The van der Waals surface area contributed by atoms with E-state index in [1.165, 1.54) is 21.1 Å². The van der Waals surface area contributed by atoms with Gasteiger partial charge in [0.2, 0.25) is 10.0 Å². The number of fused-ring (bicyclic) bond motifs is 1. The first-order chi connectivity index (χ1) is 11.7. The Balaban J connectivity index is 1.90. The molecular weight excluding hydrogens is 348 g/mol. The topological polar surface area (TPSA) is 106 Å². The highest BCUT2D eigenvalue weighted by Gasteiger charge is 2.57. The maximum Gasteiger partial charge on any atom is 0.354 e. The van der Waals surface area contributed by atoms with Crippen LogP contribution in [0.2, 0.25) is 0 Å². The van der Waals surface area contributed by atoms with Crippen LogP contribution in [0.5, 0.6) is 0 Å². The summed E-state index contributed by atoms with van der Waals surface area (Å²) in [7, 11) is -2.29. The van der Waals surface area contributed by atoms with Crippen molar-refractivity contribution in [2.24, 2.45) is 18.4 Å². The molecule has 0 amide bonds. The van der Waals surface area contributed by atoms with Gasteiger partial charge in [-0.2, -0.15) is 4.31 Å². The number of carbonyl (C=O) groups excluding carboxylic acids is 1. The zero-order chi connectivity index (χ0) is 18.4. The van der Waals surface area contributed by atoms with E-state index in [9.17, 15) is 23.1 Å². The van der Waals surface area contributed by atoms with E-state index >= 15 is 0 Å². The molecule has 1 aliphatic carbocycles. The van der Waals surface area contributed by atoms with Crippen LogP contribution in [0.3, 0.4) is 0 Å². The number of aliphatic carboxylic acids is 1. The van der Waals surface area contributed by atoms with Crippen LogP contribution in [-0.4, -0.2) is 54.0 Å². The minimum Gasteiger partial charge on any atom is -0.481 e. The molecule has 0 radical (unpaired) electrons. The van der Waals surface area contributed by atoms with Crippen molar-refractivity contribution < 1.29 is 27.9 Å². The highest BCUT2D eigenvalue weighted by molar-refractivity contribution is 7.89. The number of esters is 1. The van der Waals surface area contributed by atoms with Gasteiger partial charge in [0.15, 0.2) is 0 Å². The average Bonchev–Trinajstić information content (AvgIpc) is 3.19. The average molecular weight is 370 g/mol. The molecule has 1 aromatic heterocycles. The van der Waals surface area contributed by atoms with Crippen molar-refractivity contribution in [3.05, 3.63) is 18.0 Å². The summed E-state index contributed by atoms with van der Waals surface area (Å²) in [6, 6.07) is 1.29. The van der Waals surface area contributed by atoms with Crippen LogP contribution >= 0.6 is 0 Å². The first kappa shape index (κ1) is 17.9. The summed E-state index contributed by atoms with van der Waals surface area (Å²) in [4.78, 5) is 23.6. The highest BCUT2D eigenvalue weighted by atomic mass is 32.2. The lowest BCUT2D eigenvalue weighted by atomic mass is 9.81. The largest absolute Gasteiger partial charge is 0.481 e. The van der Waals surface area contributed by atoms with Crippen molar-refractivity contribution in [1.29, 1.82) is 0 Å². The van der Waals surface area contributed by atoms with Crippen molar-refractivity contribution in [2.75, 3.05) is 19.7 Å². The van der Waals surface area contributed by atoms with Crippen LogP contribution in [0, 0.1) is 11.3 Å². The fraction of sp³-hybridized carbons (Fsp3) is 0.625. The third-order valence-electron chi connectivity index (χ3n) is 5.37. The summed E-state index contributed by atoms with van der Waals surface area (Å²) >= 11 is 0. The molecule has 25 heavy (non-hydrogen) atoms. The van der Waals surface area contributed by atoms with Gasteiger partial charge in [-0.25, -0.2) is 13.2 Å². The zero-order valence-corrected chi connectivity index (χ0v) is 15.1. The monoisotopic (exact) mass is 370 g/mol. The molecule has 8 nitrogen and oxygen atoms in total. The maximum absolute atomic E-state index is 12.9. The molecule has 2 fully saturated rings. The van der Waals surface area contributed by atoms with E-state index in [4.69, 9.17) is 4.74 Å². The lowest BCUT2D eigenvalue weighted by Crippen LogP contribution is -2.37. The number of nitrogens with zero attached hydrogens (tertiary/aromatic N) is 2. The van der Waals surface area contributed by atoms with Crippen LogP contribution in [-0.2, 0) is 26.6 Å². The molecule has 1 aliphatic heterocycles. The second-order valence-electron chi connectivity index (χ2n) is 6.74. The van der Waals surface area contributed by atoms with E-state index in [-0.39, 0.29) is 36.2 Å². The van der Waals surface area contributed by atoms with Crippen molar-refractivity contribution in [3.8, 4) is 0 Å². The molecular formula is C16H22N2O6S. The summed E-state index contributed by atoms with van der Waals surface area (Å²) < 4.78 is 33.5. The van der Waals surface area contributed by atoms with E-state index in [2.05, 4.69) is 0 Å². The van der Waals surface area contributed by atoms with E-state index < -0.39 is 27.4 Å². The van der Waals surface area contributed by atoms with Gasteiger partial charge in [0.25, 0.3) is 0 Å². The lowest BCUT2D eigenvalue weighted by Gasteiger charge is -2.23. The predicted octanol–water partition coefficient (Wildman–Crippen LogP) is 1.08. The van der Waals surface area contributed by atoms with Crippen LogP contribution in [0.4, 0.5) is 0 Å². The fourth-order valence-electron chi connectivity index (χ4n) is 4.01. The Labute approximate surface area is 146 Å². The molecule has 138 valence electrons. The van der Waals surface area contributed by atoms with Gasteiger partial charge in [0.05, 0.1) is 12.0 Å². The Morgan fingerprint density at radius 1 is 1.44 bits per heavy atom. The van der Waals surface area contributed by atoms with Crippen molar-refractivity contribution >= 4 is 22.0 Å². The first-order valence-electron chi connectivity index (χ1n) is 8.29. The molecule has 1 saturated heterocycles. The lowest BCUT2D eigenvalue weighted by molar-refractivity contribution is -0.149. The zero-order valence-electron chi connectivity index (χ0n) is 14.3. The van der Waals surface area contributed by atoms with Gasteiger partial charge < -0.3 is 14.4 Å². The second-order valence-corrected chi connectivity index (χ2v) is 8.68. The molecule has 2 aliphatic rings. The van der Waals surface area contributed by atoms with Crippen molar-refractivity contribution in [1.82, 2.24) is 8.87 Å². The number of carbonyl (C=O) groups is 2. The molecule has 3 rings (SSSR count). The third kappa shape index (κ3) is 2.75. The number of rotatable bonds is 5. The standard InChI is InChI=1S/C16H22N2O6S/c1-3-24-14(19)13-7-12(9-17(13)2)25(22,23)18-8-11-5-4-6-16(11,10-18)15(20)21/h7,9,11H,3-6,8,10H2,1-2H3,(H,20,21)/t11-,16+/m0/s1. The number of hydrogen-bond acceptors (Lipinski definition) is 5. The van der Waals surface area contributed by atoms with Gasteiger partial charge >= 0.3 is 11.9 Å². The third-order valence-corrected chi connectivity index (χ3v) is 7.14. The fourth-order valence-corrected chi connectivity index (χ4v) is 5.63. The van der Waals surface area contributed by atoms with E-state index in [1.54, 1.807) is 14.0 Å². The van der Waals surface area contributed by atoms with Gasteiger partial charge in [-0.05, 0) is 31.7 Å². The van der Waals surface area contributed by atoms with Crippen LogP contribution < -0.4 is 0 Å². The van der Waals surface area contributed by atoms with E-state index in [0.29, 0.717) is 6.42 Å². The molecule has 0 aromatic carbocycles. The second kappa shape index (κ2) is 6.14. The highest BCUT2D eigenvalue weighted by Crippen LogP contribution is 2.50. The molecule has 0 bridgehead atoms. The van der Waals surface area contributed by atoms with Crippen molar-refractivity contribution in [3.63, 3.8) is 0 Å². The first-order valence-corrected chi connectivity index (χ1v) is 9.73. The van der Waals surface area contributed by atoms with E-state index in [0.717, 1.165) is 12.8 Å². The summed E-state index contributed by atoms with van der Waals surface area (Å²) in [5, 5.41) is 9.62. The number of ether oxygens (including phenoxy) is 1. The number of carboxylic acids is 1. The van der Waals surface area contributed by atoms with Gasteiger partial charge in [0, 0.05) is 26.3 Å². The van der Waals surface area contributed by atoms with Gasteiger partial charge in [0.1, 0.15) is 10.6 Å². The number of carboxylic acid groups (broad SMARTS) is 1. The quantitative estimate of drug-likeness (QED) is 0.778. The van der Waals surface area contributed by atoms with Crippen molar-refractivity contribution in [2.45, 2.75) is 31.1 Å². The normalized spacial score (nSPS) is 26.6. The Hall–Kier alpha value is -1.87. The predicted molar refractivity (Wildman–Crippen MR) is 87.5 cm³/mol. The molecule has 2 atom stereocenters. The molecule has 9 heteroatoms. The maximum atomic E-state index is 12.9. The Kier molecular flexibility index (Phi) is 4.40. The molecule has 1 N–H and O–H groups in total. The minimum absolute atomic E-state index is 0.0149. The van der Waals surface area contributed by atoms with E-state index in [1.807, 2.05) is 0 Å². The van der Waals surface area contributed by atoms with Gasteiger partial charge in [-0.3, -0.25) is 4.79 Å². The summed E-state index contributed by atoms with van der Waals surface area (Å²) in [5.74, 6) is -1.67. The summed E-state index contributed by atoms with van der Waals surface area (Å²) in [6.07, 6.45) is 3.40. The number of hydrogen-bond donors (Lipinski definition) is 1. The van der Waals surface area contributed by atoms with Gasteiger partial charge in [-0.15, -0.1) is 0 Å². The van der Waals surface area contributed by atoms with Gasteiger partial charge in [-0.1, -0.05) is 6.42 Å². The summed E-state index contributed by atoms with van der Waals surface area (Å²) in [6.45, 7) is 2.06. The Morgan fingerprint density at radius 3 is 2.76 bits per heavy atom. The molecule has 1 saturated carbocycles.